The predicted octanol–water partition coefficient (Wildman–Crippen LogP) is 5.64. The fourth-order valence-electron chi connectivity index (χ4n) is 4.50. The van der Waals surface area contributed by atoms with E-state index in [2.05, 4.69) is 64.1 Å². The van der Waals surface area contributed by atoms with Gasteiger partial charge in [-0.2, -0.15) is 0 Å². The van der Waals surface area contributed by atoms with Gasteiger partial charge in [0.25, 0.3) is 0 Å². The molecule has 0 saturated heterocycles. The molecule has 6 aromatic heterocycles. The van der Waals surface area contributed by atoms with E-state index in [1.807, 2.05) is 24.3 Å². The molecule has 0 spiro atoms. The molecular weight excluding hydrogens is 524 g/mol. The number of hydrogen-bond acceptors (Lipinski definition) is 10. The van der Waals surface area contributed by atoms with E-state index < -0.39 is 0 Å². The van der Waals surface area contributed by atoms with E-state index in [0.29, 0.717) is 45.6 Å². The number of benzene rings is 1. The summed E-state index contributed by atoms with van der Waals surface area (Å²) in [6.07, 6.45) is 20.0. The maximum absolute atomic E-state index is 4.81. The predicted molar refractivity (Wildman–Crippen MR) is 157 cm³/mol. The average Bonchev–Trinajstić information content (AvgIpc) is 3.09. The first-order chi connectivity index (χ1) is 20.8. The van der Waals surface area contributed by atoms with Gasteiger partial charge in [-0.05, 0) is 46.5 Å². The van der Waals surface area contributed by atoms with Gasteiger partial charge in [-0.25, -0.2) is 9.97 Å². The van der Waals surface area contributed by atoms with Crippen molar-refractivity contribution in [2.45, 2.75) is 0 Å². The van der Waals surface area contributed by atoms with Crippen LogP contribution in [0.5, 0.6) is 0 Å². The van der Waals surface area contributed by atoms with Crippen LogP contribution in [0, 0.1) is 0 Å². The Kier molecular flexibility index (Phi) is 6.59. The van der Waals surface area contributed by atoms with Gasteiger partial charge in [0.1, 0.15) is 22.8 Å². The second-order valence-corrected chi connectivity index (χ2v) is 9.19. The average molecular weight is 545 g/mol. The molecule has 0 fully saturated rings. The van der Waals surface area contributed by atoms with Gasteiger partial charge in [0.05, 0.1) is 47.6 Å². The lowest BCUT2D eigenvalue weighted by atomic mass is 9.98. The minimum atomic E-state index is 0.672. The number of pyridine rings is 2. The minimum absolute atomic E-state index is 0.672. The zero-order chi connectivity index (χ0) is 28.1. The highest BCUT2D eigenvalue weighted by Gasteiger charge is 2.13. The summed E-state index contributed by atoms with van der Waals surface area (Å²) in [5.41, 5.74) is 9.42. The van der Waals surface area contributed by atoms with E-state index in [0.717, 1.165) is 22.3 Å². The Morgan fingerprint density at radius 3 is 0.810 bits per heavy atom. The van der Waals surface area contributed by atoms with Crippen LogP contribution in [0.4, 0.5) is 0 Å². The van der Waals surface area contributed by atoms with Crippen molar-refractivity contribution in [3.05, 3.63) is 123 Å². The zero-order valence-corrected chi connectivity index (χ0v) is 22.0. The van der Waals surface area contributed by atoms with Gasteiger partial charge in [-0.15, -0.1) is 0 Å². The summed E-state index contributed by atoms with van der Waals surface area (Å²) < 4.78 is 0. The van der Waals surface area contributed by atoms with Crippen molar-refractivity contribution in [1.29, 1.82) is 0 Å². The third-order valence-electron chi connectivity index (χ3n) is 6.50. The molecule has 6 heterocycles. The monoisotopic (exact) mass is 544 g/mol. The quantitative estimate of drug-likeness (QED) is 0.259. The Labute approximate surface area is 240 Å². The van der Waals surface area contributed by atoms with Crippen molar-refractivity contribution in [2.24, 2.45) is 0 Å². The third-order valence-corrected chi connectivity index (χ3v) is 6.50. The zero-order valence-electron chi connectivity index (χ0n) is 22.0. The fourth-order valence-corrected chi connectivity index (χ4v) is 4.50. The molecule has 0 bridgehead atoms. The lowest BCUT2D eigenvalue weighted by Gasteiger charge is -2.11. The second-order valence-electron chi connectivity index (χ2n) is 9.19. The van der Waals surface area contributed by atoms with Crippen LogP contribution in [0.25, 0.3) is 67.8 Å². The molecule has 0 aliphatic rings. The number of aromatic nitrogens is 10. The highest BCUT2D eigenvalue weighted by Crippen LogP contribution is 2.32. The SMILES string of the molecule is c1cnc(-c2cc(-c3ccc(-c4cc(-c5cnccn5)nc(-c5cnccn5)c4)cc3)cc(-c3cnccn3)n2)cn1. The highest BCUT2D eigenvalue weighted by molar-refractivity contribution is 5.78. The Hall–Kier alpha value is -6.16. The van der Waals surface area contributed by atoms with Crippen LogP contribution in [0.3, 0.4) is 0 Å². The summed E-state index contributed by atoms with van der Waals surface area (Å²) in [7, 11) is 0. The molecule has 198 valence electrons. The van der Waals surface area contributed by atoms with Crippen molar-refractivity contribution < 1.29 is 0 Å². The van der Waals surface area contributed by atoms with Gasteiger partial charge in [0.15, 0.2) is 0 Å². The molecule has 0 amide bonds. The molecule has 0 aliphatic carbocycles. The molecule has 0 saturated carbocycles. The first kappa shape index (κ1) is 24.9. The van der Waals surface area contributed by atoms with Gasteiger partial charge in [-0.1, -0.05) is 24.3 Å². The lowest BCUT2D eigenvalue weighted by Crippen LogP contribution is -1.95. The Morgan fingerprint density at radius 1 is 0.286 bits per heavy atom. The van der Waals surface area contributed by atoms with Crippen LogP contribution in [0.15, 0.2) is 123 Å². The summed E-state index contributed by atoms with van der Waals surface area (Å²) in [5, 5.41) is 0. The van der Waals surface area contributed by atoms with Gasteiger partial charge < -0.3 is 0 Å². The van der Waals surface area contributed by atoms with E-state index >= 15 is 0 Å². The van der Waals surface area contributed by atoms with Crippen LogP contribution < -0.4 is 0 Å². The van der Waals surface area contributed by atoms with Crippen molar-refractivity contribution in [2.75, 3.05) is 0 Å². The first-order valence-electron chi connectivity index (χ1n) is 13.0. The highest BCUT2D eigenvalue weighted by atomic mass is 14.9. The molecule has 7 aromatic rings. The van der Waals surface area contributed by atoms with Crippen molar-refractivity contribution in [3.63, 3.8) is 0 Å². The smallest absolute Gasteiger partial charge is 0.107 e. The molecule has 0 radical (unpaired) electrons. The third kappa shape index (κ3) is 5.19. The van der Waals surface area contributed by atoms with E-state index in [9.17, 15) is 0 Å². The largest absolute Gasteiger partial charge is 0.261 e. The van der Waals surface area contributed by atoms with Gasteiger partial charge in [0, 0.05) is 49.6 Å². The molecular formula is C32H20N10. The molecule has 10 nitrogen and oxygen atoms in total. The summed E-state index contributed by atoms with van der Waals surface area (Å²) in [6, 6.07) is 16.3. The van der Waals surface area contributed by atoms with Crippen LogP contribution in [-0.2, 0) is 0 Å². The van der Waals surface area contributed by atoms with Crippen molar-refractivity contribution in [3.8, 4) is 67.8 Å². The van der Waals surface area contributed by atoms with Crippen LogP contribution in [0.2, 0.25) is 0 Å². The first-order valence-corrected chi connectivity index (χ1v) is 13.0. The Balaban J connectivity index is 1.31. The molecule has 0 aliphatic heterocycles. The van der Waals surface area contributed by atoms with E-state index in [1.165, 1.54) is 0 Å². The number of hydrogen-bond donors (Lipinski definition) is 0. The normalized spacial score (nSPS) is 10.9. The van der Waals surface area contributed by atoms with Crippen LogP contribution in [-0.4, -0.2) is 49.8 Å². The standard InChI is InChI=1S/C32H20N10/c1-2-22(24-15-27(31-19-35-7-11-39-31)42-28(16-24)32-20-36-8-12-40-32)4-3-21(1)23-13-25(29-17-33-5-9-37-29)41-26(14-23)30-18-34-6-10-38-30/h1-20H. The topological polar surface area (TPSA) is 129 Å². The van der Waals surface area contributed by atoms with Crippen molar-refractivity contribution >= 4 is 0 Å². The molecule has 0 unspecified atom stereocenters. The van der Waals surface area contributed by atoms with E-state index in [4.69, 9.17) is 9.97 Å². The minimum Gasteiger partial charge on any atom is -0.261 e. The molecule has 0 atom stereocenters. The van der Waals surface area contributed by atoms with E-state index in [-0.39, 0.29) is 0 Å². The maximum atomic E-state index is 4.81. The molecule has 1 aromatic carbocycles. The van der Waals surface area contributed by atoms with Crippen LogP contribution >= 0.6 is 0 Å². The maximum Gasteiger partial charge on any atom is 0.107 e. The van der Waals surface area contributed by atoms with E-state index in [1.54, 1.807) is 74.4 Å². The lowest BCUT2D eigenvalue weighted by molar-refractivity contribution is 1.15. The van der Waals surface area contributed by atoms with Gasteiger partial charge in [-0.3, -0.25) is 39.9 Å². The summed E-state index contributed by atoms with van der Waals surface area (Å²) in [6.45, 7) is 0. The molecule has 10 heteroatoms. The summed E-state index contributed by atoms with van der Waals surface area (Å²) in [5.74, 6) is 0. The number of rotatable bonds is 6. The molecule has 42 heavy (non-hydrogen) atoms. The molecule has 7 rings (SSSR count). The van der Waals surface area contributed by atoms with Gasteiger partial charge >= 0.3 is 0 Å². The van der Waals surface area contributed by atoms with Crippen molar-refractivity contribution in [1.82, 2.24) is 49.8 Å². The summed E-state index contributed by atoms with van der Waals surface area (Å²) in [4.78, 5) is 44.3. The Bertz CT molecular complexity index is 1690. The summed E-state index contributed by atoms with van der Waals surface area (Å²) >= 11 is 0. The number of nitrogens with zero attached hydrogens (tertiary/aromatic N) is 10. The fraction of sp³-hybridized carbons (Fsp3) is 0. The molecule has 0 N–H and O–H groups in total. The second kappa shape index (κ2) is 11.1. The Morgan fingerprint density at radius 2 is 0.571 bits per heavy atom. The van der Waals surface area contributed by atoms with Gasteiger partial charge in [0.2, 0.25) is 0 Å². The van der Waals surface area contributed by atoms with Crippen LogP contribution in [0.1, 0.15) is 0 Å².